The first-order chi connectivity index (χ1) is 10.8. The third-order valence-corrected chi connectivity index (χ3v) is 3.06. The lowest BCUT2D eigenvalue weighted by Crippen LogP contribution is -2.10. The second-order valence-corrected chi connectivity index (χ2v) is 4.87. The Kier molecular flexibility index (Phi) is 4.97. The van der Waals surface area contributed by atoms with E-state index in [1.54, 1.807) is 0 Å². The number of aromatic nitrogens is 2. The number of halogens is 2. The van der Waals surface area contributed by atoms with Gasteiger partial charge in [0.2, 0.25) is 5.88 Å². The van der Waals surface area contributed by atoms with Gasteiger partial charge in [0.15, 0.2) is 5.78 Å². The number of esters is 1. The molecule has 0 aliphatic carbocycles. The quantitative estimate of drug-likeness (QED) is 0.661. The Bertz CT molecular complexity index is 775. The van der Waals surface area contributed by atoms with E-state index in [-0.39, 0.29) is 22.9 Å². The van der Waals surface area contributed by atoms with Crippen LogP contribution in [0.3, 0.4) is 0 Å². The molecule has 1 N–H and O–H groups in total. The molecule has 0 bridgehead atoms. The first-order valence-electron chi connectivity index (χ1n) is 6.33. The average Bonchev–Trinajstić information content (AvgIpc) is 2.75. The van der Waals surface area contributed by atoms with Crippen LogP contribution in [0.4, 0.5) is 4.39 Å². The first kappa shape index (κ1) is 16.9. The van der Waals surface area contributed by atoms with Gasteiger partial charge in [0.1, 0.15) is 18.0 Å². The van der Waals surface area contributed by atoms with Crippen LogP contribution in [0.25, 0.3) is 5.69 Å². The normalized spacial score (nSPS) is 10.6. The smallest absolute Gasteiger partial charge is 0.309 e. The van der Waals surface area contributed by atoms with Crippen molar-refractivity contribution >= 4 is 23.4 Å². The molecule has 7 nitrogen and oxygen atoms in total. The van der Waals surface area contributed by atoms with Gasteiger partial charge in [0.05, 0.1) is 10.7 Å². The molecule has 1 aromatic heterocycles. The minimum absolute atomic E-state index is 0.0529. The minimum atomic E-state index is -0.730. The number of nitrogens with zero attached hydrogens (tertiary/aromatic N) is 2. The molecule has 23 heavy (non-hydrogen) atoms. The summed E-state index contributed by atoms with van der Waals surface area (Å²) in [5.41, 5.74) is -0.224. The predicted molar refractivity (Wildman–Crippen MR) is 77.7 cm³/mol. The van der Waals surface area contributed by atoms with Crippen molar-refractivity contribution in [2.75, 3.05) is 13.7 Å². The maximum absolute atomic E-state index is 13.1. The summed E-state index contributed by atoms with van der Waals surface area (Å²) in [6, 6.07) is 3.37. The van der Waals surface area contributed by atoms with Crippen LogP contribution in [-0.2, 0) is 9.53 Å². The third kappa shape index (κ3) is 3.49. The van der Waals surface area contributed by atoms with Crippen molar-refractivity contribution in [2.24, 2.45) is 0 Å². The van der Waals surface area contributed by atoms with Crippen LogP contribution < -0.4 is 4.74 Å². The molecule has 0 aliphatic heterocycles. The summed E-state index contributed by atoms with van der Waals surface area (Å²) in [5.74, 6) is -2.95. The van der Waals surface area contributed by atoms with Gasteiger partial charge in [-0.3, -0.25) is 9.59 Å². The standard InChI is InChI=1S/C14H12ClFN2O5/c1-7(19)23-13-12(11(20)6-22-2)14(21)18(17-13)10-4-3-8(16)5-9(10)15/h3-5,21H,6H2,1-2H3. The summed E-state index contributed by atoms with van der Waals surface area (Å²) in [4.78, 5) is 23.2. The molecular formula is C14H12ClFN2O5. The summed E-state index contributed by atoms with van der Waals surface area (Å²) >= 11 is 5.91. The van der Waals surface area contributed by atoms with Crippen molar-refractivity contribution in [3.05, 3.63) is 34.6 Å². The van der Waals surface area contributed by atoms with Crippen LogP contribution >= 0.6 is 11.6 Å². The molecule has 1 aromatic carbocycles. The fourth-order valence-corrected chi connectivity index (χ4v) is 2.11. The third-order valence-electron chi connectivity index (χ3n) is 2.76. The van der Waals surface area contributed by atoms with Crippen molar-refractivity contribution in [1.82, 2.24) is 9.78 Å². The molecule has 0 radical (unpaired) electrons. The lowest BCUT2D eigenvalue weighted by Gasteiger charge is -2.05. The molecule has 0 aliphatic rings. The number of hydrogen-bond donors (Lipinski definition) is 1. The van der Waals surface area contributed by atoms with E-state index in [1.165, 1.54) is 13.2 Å². The Morgan fingerprint density at radius 2 is 2.13 bits per heavy atom. The zero-order valence-electron chi connectivity index (χ0n) is 12.2. The number of benzene rings is 1. The molecule has 0 fully saturated rings. The van der Waals surface area contributed by atoms with Gasteiger partial charge in [0, 0.05) is 14.0 Å². The Morgan fingerprint density at radius 1 is 1.43 bits per heavy atom. The van der Waals surface area contributed by atoms with Crippen molar-refractivity contribution in [1.29, 1.82) is 0 Å². The van der Waals surface area contributed by atoms with E-state index in [1.807, 2.05) is 0 Å². The second kappa shape index (κ2) is 6.76. The van der Waals surface area contributed by atoms with E-state index < -0.39 is 29.3 Å². The maximum atomic E-state index is 13.1. The number of hydrogen-bond acceptors (Lipinski definition) is 6. The Labute approximate surface area is 135 Å². The number of aromatic hydroxyl groups is 1. The number of ether oxygens (including phenoxy) is 2. The molecule has 1 heterocycles. The van der Waals surface area contributed by atoms with Crippen LogP contribution in [0, 0.1) is 5.82 Å². The van der Waals surface area contributed by atoms with E-state index in [9.17, 15) is 19.1 Å². The molecule has 0 saturated carbocycles. The van der Waals surface area contributed by atoms with E-state index in [2.05, 4.69) is 5.10 Å². The zero-order chi connectivity index (χ0) is 17.1. The van der Waals surface area contributed by atoms with Gasteiger partial charge < -0.3 is 14.6 Å². The molecule has 0 unspecified atom stereocenters. The van der Waals surface area contributed by atoms with Crippen LogP contribution in [0.15, 0.2) is 18.2 Å². The van der Waals surface area contributed by atoms with E-state index in [4.69, 9.17) is 21.1 Å². The van der Waals surface area contributed by atoms with Gasteiger partial charge in [-0.05, 0) is 18.2 Å². The van der Waals surface area contributed by atoms with Crippen molar-refractivity contribution in [2.45, 2.75) is 6.92 Å². The molecular weight excluding hydrogens is 331 g/mol. The number of rotatable bonds is 5. The topological polar surface area (TPSA) is 90.7 Å². The highest BCUT2D eigenvalue weighted by atomic mass is 35.5. The lowest BCUT2D eigenvalue weighted by molar-refractivity contribution is -0.132. The predicted octanol–water partition coefficient (Wildman–Crippen LogP) is 2.12. The fourth-order valence-electron chi connectivity index (χ4n) is 1.87. The SMILES string of the molecule is COCC(=O)c1c(OC(C)=O)nn(-c2ccc(F)cc2Cl)c1O. The molecule has 122 valence electrons. The van der Waals surface area contributed by atoms with Crippen LogP contribution in [-0.4, -0.2) is 40.4 Å². The Hall–Kier alpha value is -2.45. The highest BCUT2D eigenvalue weighted by Gasteiger charge is 2.27. The summed E-state index contributed by atoms with van der Waals surface area (Å²) in [5, 5.41) is 14.0. The van der Waals surface area contributed by atoms with Crippen LogP contribution in [0.5, 0.6) is 11.8 Å². The monoisotopic (exact) mass is 342 g/mol. The van der Waals surface area contributed by atoms with Gasteiger partial charge in [-0.25, -0.2) is 4.39 Å². The highest BCUT2D eigenvalue weighted by molar-refractivity contribution is 6.32. The lowest BCUT2D eigenvalue weighted by atomic mass is 10.2. The fraction of sp³-hybridized carbons (Fsp3) is 0.214. The molecule has 2 rings (SSSR count). The van der Waals surface area contributed by atoms with Gasteiger partial charge in [0.25, 0.3) is 5.88 Å². The van der Waals surface area contributed by atoms with Crippen LogP contribution in [0.1, 0.15) is 17.3 Å². The molecule has 9 heteroatoms. The molecule has 0 atom stereocenters. The van der Waals surface area contributed by atoms with Gasteiger partial charge in [-0.1, -0.05) is 11.6 Å². The van der Waals surface area contributed by atoms with Gasteiger partial charge in [-0.15, -0.1) is 5.10 Å². The number of methoxy groups -OCH3 is 1. The molecule has 0 spiro atoms. The zero-order valence-corrected chi connectivity index (χ0v) is 12.9. The van der Waals surface area contributed by atoms with Crippen molar-refractivity contribution < 1.29 is 28.6 Å². The average molecular weight is 343 g/mol. The molecule has 2 aromatic rings. The van der Waals surface area contributed by atoms with Crippen LogP contribution in [0.2, 0.25) is 5.02 Å². The first-order valence-corrected chi connectivity index (χ1v) is 6.71. The van der Waals surface area contributed by atoms with E-state index in [0.29, 0.717) is 0 Å². The number of Topliss-reactive ketones (excluding diaryl/α,β-unsaturated/α-hetero) is 1. The largest absolute Gasteiger partial charge is 0.493 e. The summed E-state index contributed by atoms with van der Waals surface area (Å²) in [7, 11) is 1.29. The Morgan fingerprint density at radius 3 is 2.70 bits per heavy atom. The van der Waals surface area contributed by atoms with Crippen molar-refractivity contribution in [3.63, 3.8) is 0 Å². The van der Waals surface area contributed by atoms with E-state index >= 15 is 0 Å². The van der Waals surface area contributed by atoms with Gasteiger partial charge >= 0.3 is 5.97 Å². The van der Waals surface area contributed by atoms with Gasteiger partial charge in [-0.2, -0.15) is 4.68 Å². The number of carbonyl (C=O) groups excluding carboxylic acids is 2. The summed E-state index contributed by atoms with van der Waals surface area (Å²) < 4.78 is 23.6. The minimum Gasteiger partial charge on any atom is -0.493 e. The summed E-state index contributed by atoms with van der Waals surface area (Å²) in [6.45, 7) is 0.760. The molecule has 0 amide bonds. The second-order valence-electron chi connectivity index (χ2n) is 4.46. The van der Waals surface area contributed by atoms with E-state index in [0.717, 1.165) is 23.7 Å². The Balaban J connectivity index is 2.61. The highest BCUT2D eigenvalue weighted by Crippen LogP contribution is 2.33. The maximum Gasteiger partial charge on any atom is 0.309 e. The summed E-state index contributed by atoms with van der Waals surface area (Å²) in [6.07, 6.45) is 0. The number of ketones is 1. The molecule has 0 saturated heterocycles. The number of carbonyl (C=O) groups is 2. The van der Waals surface area contributed by atoms with Crippen molar-refractivity contribution in [3.8, 4) is 17.4 Å².